The van der Waals surface area contributed by atoms with Gasteiger partial charge in [0.1, 0.15) is 12.7 Å². The van der Waals surface area contributed by atoms with Crippen LogP contribution in [0.3, 0.4) is 0 Å². The average molecular weight is 422 g/mol. The molecule has 0 saturated carbocycles. The number of sulfone groups is 1. The second-order valence-corrected chi connectivity index (χ2v) is 9.78. The molecule has 0 spiro atoms. The van der Waals surface area contributed by atoms with Crippen LogP contribution in [-0.4, -0.2) is 55.2 Å². The summed E-state index contributed by atoms with van der Waals surface area (Å²) in [6.07, 6.45) is 0.639. The van der Waals surface area contributed by atoms with Crippen LogP contribution in [0.2, 0.25) is 0 Å². The van der Waals surface area contributed by atoms with Crippen molar-refractivity contribution in [2.45, 2.75) is 38.5 Å². The van der Waals surface area contributed by atoms with Gasteiger partial charge in [-0.3, -0.25) is 4.90 Å². The van der Waals surface area contributed by atoms with E-state index in [-0.39, 0.29) is 36.4 Å². The standard InChI is InChI=1S/C22H28FNO4S/c1-2-17-7-9-18(10-8-17)13-24(19-11-12-29(26,27)16-19)14-20(25)15-28-22-6-4-3-5-21(22)23/h3-10,19-20,25H,2,11-16H2,1H3. The molecule has 0 radical (unpaired) electrons. The van der Waals surface area contributed by atoms with Gasteiger partial charge in [0.2, 0.25) is 0 Å². The van der Waals surface area contributed by atoms with E-state index in [0.717, 1.165) is 12.0 Å². The molecule has 0 aromatic heterocycles. The Morgan fingerprint density at radius 2 is 1.86 bits per heavy atom. The molecule has 2 unspecified atom stereocenters. The SMILES string of the molecule is CCc1ccc(CN(CC(O)COc2ccccc2F)C2CCS(=O)(=O)C2)cc1. The lowest BCUT2D eigenvalue weighted by Crippen LogP contribution is -2.42. The van der Waals surface area contributed by atoms with Crippen molar-refractivity contribution >= 4 is 9.84 Å². The summed E-state index contributed by atoms with van der Waals surface area (Å²) in [5.41, 5.74) is 2.30. The molecule has 7 heteroatoms. The molecule has 2 aromatic rings. The van der Waals surface area contributed by atoms with Gasteiger partial charge in [-0.05, 0) is 36.1 Å². The minimum Gasteiger partial charge on any atom is -0.488 e. The number of benzene rings is 2. The molecule has 1 heterocycles. The summed E-state index contributed by atoms with van der Waals surface area (Å²) >= 11 is 0. The predicted octanol–water partition coefficient (Wildman–Crippen LogP) is 2.82. The highest BCUT2D eigenvalue weighted by molar-refractivity contribution is 7.91. The molecule has 2 aromatic carbocycles. The molecule has 0 aliphatic carbocycles. The van der Waals surface area contributed by atoms with Gasteiger partial charge in [-0.2, -0.15) is 0 Å². The molecule has 1 fully saturated rings. The lowest BCUT2D eigenvalue weighted by Gasteiger charge is -2.30. The Morgan fingerprint density at radius 1 is 1.17 bits per heavy atom. The van der Waals surface area contributed by atoms with Gasteiger partial charge < -0.3 is 9.84 Å². The number of rotatable bonds is 9. The first-order chi connectivity index (χ1) is 13.9. The first kappa shape index (κ1) is 21.7. The largest absolute Gasteiger partial charge is 0.488 e. The highest BCUT2D eigenvalue weighted by atomic mass is 32.2. The van der Waals surface area contributed by atoms with Gasteiger partial charge in [0.15, 0.2) is 21.4 Å². The van der Waals surface area contributed by atoms with Crippen molar-refractivity contribution in [3.63, 3.8) is 0 Å². The van der Waals surface area contributed by atoms with Crippen LogP contribution in [0.4, 0.5) is 4.39 Å². The summed E-state index contributed by atoms with van der Waals surface area (Å²) in [6, 6.07) is 14.1. The van der Waals surface area contributed by atoms with E-state index in [1.807, 2.05) is 17.0 Å². The van der Waals surface area contributed by atoms with Crippen LogP contribution in [0.25, 0.3) is 0 Å². The quantitative estimate of drug-likeness (QED) is 0.674. The van der Waals surface area contributed by atoms with Gasteiger partial charge in [0, 0.05) is 19.1 Å². The minimum atomic E-state index is -3.04. The Morgan fingerprint density at radius 3 is 2.48 bits per heavy atom. The van der Waals surface area contributed by atoms with Crippen molar-refractivity contribution in [3.8, 4) is 5.75 Å². The fraction of sp³-hybridized carbons (Fsp3) is 0.455. The summed E-state index contributed by atoms with van der Waals surface area (Å²) in [7, 11) is -3.04. The third-order valence-electron chi connectivity index (χ3n) is 5.25. The van der Waals surface area contributed by atoms with Crippen molar-refractivity contribution in [2.75, 3.05) is 24.7 Å². The summed E-state index contributed by atoms with van der Waals surface area (Å²) < 4.78 is 43.0. The number of aryl methyl sites for hydroxylation is 1. The number of hydrogen-bond donors (Lipinski definition) is 1. The molecule has 5 nitrogen and oxygen atoms in total. The first-order valence-electron chi connectivity index (χ1n) is 9.94. The maximum absolute atomic E-state index is 13.7. The molecule has 158 valence electrons. The number of hydrogen-bond acceptors (Lipinski definition) is 5. The zero-order chi connectivity index (χ0) is 20.9. The zero-order valence-electron chi connectivity index (χ0n) is 16.6. The van der Waals surface area contributed by atoms with Crippen LogP contribution in [0.5, 0.6) is 5.75 Å². The molecule has 2 atom stereocenters. The van der Waals surface area contributed by atoms with Crippen molar-refractivity contribution < 1.29 is 22.7 Å². The van der Waals surface area contributed by atoms with E-state index < -0.39 is 21.8 Å². The van der Waals surface area contributed by atoms with E-state index in [1.165, 1.54) is 17.7 Å². The average Bonchev–Trinajstić information content (AvgIpc) is 3.07. The summed E-state index contributed by atoms with van der Waals surface area (Å²) in [4.78, 5) is 2.00. The lowest BCUT2D eigenvalue weighted by atomic mass is 10.1. The maximum Gasteiger partial charge on any atom is 0.165 e. The normalized spacial score (nSPS) is 19.4. The molecule has 3 rings (SSSR count). The topological polar surface area (TPSA) is 66.8 Å². The van der Waals surface area contributed by atoms with Crippen molar-refractivity contribution in [2.24, 2.45) is 0 Å². The van der Waals surface area contributed by atoms with E-state index in [2.05, 4.69) is 19.1 Å². The molecule has 0 bridgehead atoms. The third kappa shape index (κ3) is 6.26. The molecule has 0 amide bonds. The number of aliphatic hydroxyl groups excluding tert-OH is 1. The number of halogens is 1. The summed E-state index contributed by atoms with van der Waals surface area (Å²) in [6.45, 7) is 2.83. The smallest absolute Gasteiger partial charge is 0.165 e. The Balaban J connectivity index is 1.66. The first-order valence-corrected chi connectivity index (χ1v) is 11.8. The Bertz CT molecular complexity index is 901. The van der Waals surface area contributed by atoms with Crippen molar-refractivity contribution in [1.82, 2.24) is 4.90 Å². The molecule has 1 aliphatic heterocycles. The number of ether oxygens (including phenoxy) is 1. The second-order valence-electron chi connectivity index (χ2n) is 7.55. The van der Waals surface area contributed by atoms with E-state index >= 15 is 0 Å². The predicted molar refractivity (Wildman–Crippen MR) is 111 cm³/mol. The number of nitrogens with zero attached hydrogens (tertiary/aromatic N) is 1. The Hall–Kier alpha value is -1.96. The van der Waals surface area contributed by atoms with Gasteiger partial charge in [0.05, 0.1) is 11.5 Å². The molecule has 1 aliphatic rings. The minimum absolute atomic E-state index is 0.0638. The lowest BCUT2D eigenvalue weighted by molar-refractivity contribution is 0.0513. The highest BCUT2D eigenvalue weighted by Gasteiger charge is 2.33. The van der Waals surface area contributed by atoms with E-state index in [4.69, 9.17) is 4.74 Å². The van der Waals surface area contributed by atoms with Crippen LogP contribution < -0.4 is 4.74 Å². The third-order valence-corrected chi connectivity index (χ3v) is 7.01. The van der Waals surface area contributed by atoms with Gasteiger partial charge >= 0.3 is 0 Å². The molecular weight excluding hydrogens is 393 g/mol. The van der Waals surface area contributed by atoms with E-state index in [9.17, 15) is 17.9 Å². The van der Waals surface area contributed by atoms with E-state index in [0.29, 0.717) is 13.0 Å². The Kier molecular flexibility index (Phi) is 7.27. The zero-order valence-corrected chi connectivity index (χ0v) is 17.4. The van der Waals surface area contributed by atoms with Crippen LogP contribution in [0, 0.1) is 5.82 Å². The highest BCUT2D eigenvalue weighted by Crippen LogP contribution is 2.21. The van der Waals surface area contributed by atoms with Crippen LogP contribution in [-0.2, 0) is 22.8 Å². The van der Waals surface area contributed by atoms with Crippen LogP contribution >= 0.6 is 0 Å². The molecule has 1 N–H and O–H groups in total. The molecular formula is C22H28FNO4S. The number of aliphatic hydroxyl groups is 1. The fourth-order valence-corrected chi connectivity index (χ4v) is 5.35. The summed E-state index contributed by atoms with van der Waals surface area (Å²) in [5.74, 6) is -0.114. The van der Waals surface area contributed by atoms with Crippen LogP contribution in [0.15, 0.2) is 48.5 Å². The molecule has 1 saturated heterocycles. The van der Waals surface area contributed by atoms with Gasteiger partial charge in [-0.1, -0.05) is 43.3 Å². The second kappa shape index (κ2) is 9.69. The van der Waals surface area contributed by atoms with Crippen molar-refractivity contribution in [1.29, 1.82) is 0 Å². The Labute approximate surface area is 172 Å². The molecule has 29 heavy (non-hydrogen) atoms. The van der Waals surface area contributed by atoms with Crippen molar-refractivity contribution in [3.05, 3.63) is 65.5 Å². The van der Waals surface area contributed by atoms with Gasteiger partial charge in [-0.25, -0.2) is 12.8 Å². The maximum atomic E-state index is 13.7. The summed E-state index contributed by atoms with van der Waals surface area (Å²) in [5, 5.41) is 10.5. The van der Waals surface area contributed by atoms with Gasteiger partial charge in [-0.15, -0.1) is 0 Å². The number of para-hydroxylation sites is 1. The van der Waals surface area contributed by atoms with Gasteiger partial charge in [0.25, 0.3) is 0 Å². The monoisotopic (exact) mass is 421 g/mol. The van der Waals surface area contributed by atoms with E-state index in [1.54, 1.807) is 12.1 Å². The fourth-order valence-electron chi connectivity index (χ4n) is 3.59. The van der Waals surface area contributed by atoms with Crippen LogP contribution in [0.1, 0.15) is 24.5 Å².